The van der Waals surface area contributed by atoms with Gasteiger partial charge in [-0.05, 0) is 12.5 Å². The number of amides is 3. The number of carbonyl (C=O) groups excluding carboxylic acids is 5. The summed E-state index contributed by atoms with van der Waals surface area (Å²) in [6.45, 7) is -0.600. The Kier molecular flexibility index (Phi) is 16.4. The molecule has 0 saturated heterocycles. The first kappa shape index (κ1) is 41.4. The van der Waals surface area contributed by atoms with Crippen LogP contribution in [0.5, 0.6) is 0 Å². The lowest BCUT2D eigenvalue weighted by Gasteiger charge is -2.23. The molecule has 0 aromatic heterocycles. The Morgan fingerprint density at radius 2 is 1.41 bits per heavy atom. The zero-order chi connectivity index (χ0) is 36.9. The van der Waals surface area contributed by atoms with Crippen molar-refractivity contribution >= 4 is 58.2 Å². The minimum absolute atomic E-state index is 0.124. The lowest BCUT2D eigenvalue weighted by Crippen LogP contribution is -2.45. The Bertz CT molecular complexity index is 1500. The van der Waals surface area contributed by atoms with Crippen molar-refractivity contribution in [3.63, 3.8) is 0 Å². The van der Waals surface area contributed by atoms with Crippen molar-refractivity contribution in [1.29, 1.82) is 0 Å². The van der Waals surface area contributed by atoms with Gasteiger partial charge in [-0.25, -0.2) is 31.5 Å². The number of nitrogens with zero attached hydrogens (tertiary/aromatic N) is 1. The maximum Gasteiger partial charge on any atom is 0.408 e. The highest BCUT2D eigenvalue weighted by Crippen LogP contribution is 2.24. The van der Waals surface area contributed by atoms with E-state index in [1.165, 1.54) is 0 Å². The third-order valence-electron chi connectivity index (χ3n) is 6.82. The van der Waals surface area contributed by atoms with Gasteiger partial charge in [0.1, 0.15) is 19.3 Å². The molecule has 49 heavy (non-hydrogen) atoms. The molecule has 2 aromatic rings. The molecular formula is C31H37BrF5N4O7S+. The number of hydrogen-bond donors (Lipinski definition) is 4. The summed E-state index contributed by atoms with van der Waals surface area (Å²) < 4.78 is 80.0. The number of esters is 1. The van der Waals surface area contributed by atoms with E-state index < -0.39 is 89.9 Å². The summed E-state index contributed by atoms with van der Waals surface area (Å²) in [5.41, 5.74) is -0.887. The number of benzene rings is 2. The van der Waals surface area contributed by atoms with E-state index in [1.54, 1.807) is 24.3 Å². The largest absolute Gasteiger partial charge is 0.459 e. The number of Topliss-reactive ketones (excluding diaryl/α,β-unsaturated/α-hetero) is 1. The Morgan fingerprint density at radius 3 is 2.00 bits per heavy atom. The van der Waals surface area contributed by atoms with E-state index in [-0.39, 0.29) is 31.1 Å². The predicted molar refractivity (Wildman–Crippen MR) is 172 cm³/mol. The summed E-state index contributed by atoms with van der Waals surface area (Å²) in [6, 6.07) is 3.89. The monoisotopic (exact) mass is 783 g/mol. The van der Waals surface area contributed by atoms with Gasteiger partial charge in [0.25, 0.3) is 0 Å². The van der Waals surface area contributed by atoms with Gasteiger partial charge in [0.05, 0.1) is 45.8 Å². The molecule has 0 radical (unpaired) electrons. The number of ketones is 1. The molecule has 0 aliphatic rings. The van der Waals surface area contributed by atoms with E-state index in [9.17, 15) is 45.9 Å². The number of rotatable bonds is 18. The maximum absolute atomic E-state index is 14.1. The van der Waals surface area contributed by atoms with Crippen LogP contribution in [-0.2, 0) is 41.9 Å². The van der Waals surface area contributed by atoms with E-state index in [0.29, 0.717) is 27.6 Å². The van der Waals surface area contributed by atoms with Crippen molar-refractivity contribution in [2.24, 2.45) is 0 Å². The van der Waals surface area contributed by atoms with Gasteiger partial charge in [-0.3, -0.25) is 14.4 Å². The van der Waals surface area contributed by atoms with Gasteiger partial charge in [-0.2, -0.15) is 12.6 Å². The van der Waals surface area contributed by atoms with Crippen LogP contribution in [0, 0.1) is 29.1 Å². The highest BCUT2D eigenvalue weighted by Gasteiger charge is 2.29. The third-order valence-corrected chi connectivity index (χ3v) is 7.96. The van der Waals surface area contributed by atoms with Crippen LogP contribution in [0.15, 0.2) is 28.7 Å². The zero-order valence-corrected chi connectivity index (χ0v) is 29.3. The Morgan fingerprint density at radius 1 is 0.796 bits per heavy atom. The first-order valence-corrected chi connectivity index (χ1v) is 16.2. The van der Waals surface area contributed by atoms with E-state index in [1.807, 2.05) is 21.1 Å². The molecular weight excluding hydrogens is 747 g/mol. The molecule has 2 aromatic carbocycles. The SMILES string of the molecule is C[N+](C)(C)CCNC(=O)CCC(=O)[C@H](CS)NC(=O)CC[C@H](NC(=O)OCc1ccccc1Br)C(=O)OCc1c(F)c(F)c(F)c(F)c1F. The third kappa shape index (κ3) is 13.6. The number of alkyl carbamates (subject to hydrolysis) is 1. The Balaban J connectivity index is 2.06. The summed E-state index contributed by atoms with van der Waals surface area (Å²) in [4.78, 5) is 62.9. The number of ether oxygens (including phenoxy) is 2. The summed E-state index contributed by atoms with van der Waals surface area (Å²) >= 11 is 7.36. The van der Waals surface area contributed by atoms with E-state index in [0.717, 1.165) is 0 Å². The van der Waals surface area contributed by atoms with E-state index >= 15 is 0 Å². The second-order valence-corrected chi connectivity index (χ2v) is 12.9. The Hall–Kier alpha value is -3.77. The average Bonchev–Trinajstić information content (AvgIpc) is 3.04. The molecule has 3 amide bonds. The molecule has 0 aliphatic carbocycles. The predicted octanol–water partition coefficient (Wildman–Crippen LogP) is 3.85. The molecule has 0 saturated carbocycles. The van der Waals surface area contributed by atoms with Gasteiger partial charge in [-0.15, -0.1) is 0 Å². The molecule has 18 heteroatoms. The van der Waals surface area contributed by atoms with Gasteiger partial charge in [-0.1, -0.05) is 34.1 Å². The summed E-state index contributed by atoms with van der Waals surface area (Å²) in [5.74, 6) is -14.5. The summed E-state index contributed by atoms with van der Waals surface area (Å²) in [6.07, 6.45) is -2.51. The number of carbonyl (C=O) groups is 5. The molecule has 2 rings (SSSR count). The summed E-state index contributed by atoms with van der Waals surface area (Å²) in [5, 5.41) is 7.29. The average molecular weight is 785 g/mol. The number of nitrogens with one attached hydrogen (secondary N) is 3. The lowest BCUT2D eigenvalue weighted by molar-refractivity contribution is -0.869. The van der Waals surface area contributed by atoms with Gasteiger partial charge in [0.2, 0.25) is 17.6 Å². The van der Waals surface area contributed by atoms with Crippen LogP contribution in [-0.4, -0.2) is 86.2 Å². The Labute approximate surface area is 293 Å². The zero-order valence-electron chi connectivity index (χ0n) is 26.8. The van der Waals surface area contributed by atoms with Gasteiger partial charge in [0.15, 0.2) is 29.1 Å². The van der Waals surface area contributed by atoms with Crippen molar-refractivity contribution in [1.82, 2.24) is 16.0 Å². The molecule has 270 valence electrons. The van der Waals surface area contributed by atoms with Crippen molar-refractivity contribution in [3.05, 3.63) is 69.0 Å². The molecule has 0 aliphatic heterocycles. The highest BCUT2D eigenvalue weighted by molar-refractivity contribution is 9.10. The second-order valence-electron chi connectivity index (χ2n) is 11.7. The molecule has 0 fully saturated rings. The molecule has 2 atom stereocenters. The molecule has 11 nitrogen and oxygen atoms in total. The lowest BCUT2D eigenvalue weighted by atomic mass is 10.1. The summed E-state index contributed by atoms with van der Waals surface area (Å²) in [7, 11) is 5.86. The highest BCUT2D eigenvalue weighted by atomic mass is 79.9. The van der Waals surface area contributed by atoms with Gasteiger partial charge < -0.3 is 29.9 Å². The van der Waals surface area contributed by atoms with E-state index in [2.05, 4.69) is 44.5 Å². The van der Waals surface area contributed by atoms with Crippen LogP contribution in [0.3, 0.4) is 0 Å². The molecule has 0 unspecified atom stereocenters. The second kappa shape index (κ2) is 19.4. The van der Waals surface area contributed by atoms with Crippen LogP contribution < -0.4 is 16.0 Å². The quantitative estimate of drug-likeness (QED) is 0.0450. The molecule has 0 heterocycles. The number of halogens is 6. The number of quaternary nitrogens is 1. The fraction of sp³-hybridized carbons (Fsp3) is 0.452. The van der Waals surface area contributed by atoms with Crippen LogP contribution in [0.1, 0.15) is 36.8 Å². The van der Waals surface area contributed by atoms with E-state index in [4.69, 9.17) is 9.47 Å². The molecule has 0 bridgehead atoms. The molecule has 0 spiro atoms. The van der Waals surface area contributed by atoms with Crippen molar-refractivity contribution in [3.8, 4) is 0 Å². The first-order chi connectivity index (χ1) is 22.9. The minimum Gasteiger partial charge on any atom is -0.459 e. The van der Waals surface area contributed by atoms with Crippen LogP contribution >= 0.6 is 28.6 Å². The van der Waals surface area contributed by atoms with Crippen molar-refractivity contribution in [2.45, 2.75) is 51.0 Å². The minimum atomic E-state index is -2.40. The molecule has 3 N–H and O–H groups in total. The standard InChI is InChI=1S/C31H36BrF5N4O7S/c1-41(2,3)13-12-38-23(43)11-9-22(42)21(16-49)39-24(44)10-8-20(40-31(46)48-14-17-6-4-5-7-19(17)32)30(45)47-15-18-25(33)27(35)29(37)28(36)26(18)34/h4-7,20-21H,8-16H2,1-3H3,(H3-,38,39,40,43,44,46,49)/p+1/t20-,21-/m0/s1. The van der Waals surface area contributed by atoms with Gasteiger partial charge >= 0.3 is 12.1 Å². The van der Waals surface area contributed by atoms with Crippen LogP contribution in [0.4, 0.5) is 26.7 Å². The van der Waals surface area contributed by atoms with Crippen molar-refractivity contribution in [2.75, 3.05) is 40.0 Å². The number of hydrogen-bond acceptors (Lipinski definition) is 8. The normalized spacial score (nSPS) is 12.4. The fourth-order valence-electron chi connectivity index (χ4n) is 4.01. The first-order valence-electron chi connectivity index (χ1n) is 14.8. The van der Waals surface area contributed by atoms with Crippen LogP contribution in [0.25, 0.3) is 0 Å². The van der Waals surface area contributed by atoms with Gasteiger partial charge in [0, 0.05) is 35.1 Å². The smallest absolute Gasteiger partial charge is 0.408 e. The number of thiol groups is 1. The number of likely N-dealkylation sites (N-methyl/N-ethyl adjacent to an activating group) is 1. The fourth-order valence-corrected chi connectivity index (χ4v) is 4.71. The topological polar surface area (TPSA) is 140 Å². The maximum atomic E-state index is 14.1. The van der Waals surface area contributed by atoms with Crippen LogP contribution in [0.2, 0.25) is 0 Å². The van der Waals surface area contributed by atoms with Crippen molar-refractivity contribution < 1.29 is 59.9 Å².